The molecule has 0 aromatic heterocycles. The Morgan fingerprint density at radius 2 is 1.75 bits per heavy atom. The molecule has 20 heavy (non-hydrogen) atoms. The van der Waals surface area contributed by atoms with E-state index in [1.165, 1.54) is 38.5 Å². The lowest BCUT2D eigenvalue weighted by Crippen LogP contribution is -2.32. The van der Waals surface area contributed by atoms with E-state index < -0.39 is 0 Å². The Labute approximate surface area is 127 Å². The molecule has 0 radical (unpaired) electrons. The maximum absolute atomic E-state index is 10.5. The van der Waals surface area contributed by atoms with Crippen molar-refractivity contribution in [3.8, 4) is 0 Å². The van der Waals surface area contributed by atoms with Crippen LogP contribution in [0.1, 0.15) is 86.5 Å². The Bertz CT molecular complexity index is 263. The fraction of sp³-hybridized carbons (Fsp3) is 1.00. The monoisotopic (exact) mass is 282 g/mol. The molecule has 2 unspecified atom stereocenters. The van der Waals surface area contributed by atoms with E-state index in [1.54, 1.807) is 0 Å². The van der Waals surface area contributed by atoms with Gasteiger partial charge in [0.15, 0.2) is 0 Å². The molecule has 1 heteroatoms. The van der Waals surface area contributed by atoms with Crippen LogP contribution in [-0.4, -0.2) is 11.2 Å². The number of aliphatic hydroxyl groups is 1. The van der Waals surface area contributed by atoms with Crippen molar-refractivity contribution in [3.05, 3.63) is 0 Å². The smallest absolute Gasteiger partial charge is 0.0573 e. The van der Waals surface area contributed by atoms with E-state index in [1.807, 2.05) is 0 Å². The third-order valence-electron chi connectivity index (χ3n) is 5.15. The summed E-state index contributed by atoms with van der Waals surface area (Å²) in [4.78, 5) is 0. The summed E-state index contributed by atoms with van der Waals surface area (Å²) >= 11 is 0. The number of hydrogen-bond donors (Lipinski definition) is 1. The van der Waals surface area contributed by atoms with Crippen LogP contribution in [0.4, 0.5) is 0 Å². The fourth-order valence-corrected chi connectivity index (χ4v) is 3.77. The predicted octanol–water partition coefficient (Wildman–Crippen LogP) is 5.66. The van der Waals surface area contributed by atoms with E-state index in [0.29, 0.717) is 5.92 Å². The van der Waals surface area contributed by atoms with Crippen molar-refractivity contribution in [1.82, 2.24) is 0 Å². The Kier molecular flexibility index (Phi) is 7.04. The zero-order chi connectivity index (χ0) is 15.3. The van der Waals surface area contributed by atoms with Crippen molar-refractivity contribution < 1.29 is 5.11 Å². The molecule has 1 aliphatic carbocycles. The van der Waals surface area contributed by atoms with E-state index >= 15 is 0 Å². The zero-order valence-electron chi connectivity index (χ0n) is 14.8. The van der Waals surface area contributed by atoms with E-state index in [-0.39, 0.29) is 11.5 Å². The van der Waals surface area contributed by atoms with Gasteiger partial charge in [-0.15, -0.1) is 0 Å². The molecule has 0 saturated heterocycles. The van der Waals surface area contributed by atoms with Gasteiger partial charge >= 0.3 is 0 Å². The van der Waals surface area contributed by atoms with Crippen LogP contribution in [0.3, 0.4) is 0 Å². The highest BCUT2D eigenvalue weighted by molar-refractivity contribution is 4.82. The third-order valence-corrected chi connectivity index (χ3v) is 5.15. The molecule has 4 atom stereocenters. The first-order chi connectivity index (χ1) is 9.19. The maximum Gasteiger partial charge on any atom is 0.0573 e. The van der Waals surface area contributed by atoms with Crippen molar-refractivity contribution in [2.24, 2.45) is 29.1 Å². The summed E-state index contributed by atoms with van der Waals surface area (Å²) in [5.74, 6) is 2.97. The largest absolute Gasteiger partial charge is 0.393 e. The molecule has 0 spiro atoms. The quantitative estimate of drug-likeness (QED) is 0.666. The molecule has 1 saturated carbocycles. The SMILES string of the molecule is CC(C)CCC1CCCC([C@H](C)[C@@H](O)CC(C)(C)C)C1. The first-order valence-corrected chi connectivity index (χ1v) is 8.87. The summed E-state index contributed by atoms with van der Waals surface area (Å²) in [6.45, 7) is 13.6. The van der Waals surface area contributed by atoms with Gasteiger partial charge in [-0.25, -0.2) is 0 Å². The minimum Gasteiger partial charge on any atom is -0.393 e. The summed E-state index contributed by atoms with van der Waals surface area (Å²) in [5.41, 5.74) is 0.236. The van der Waals surface area contributed by atoms with Crippen molar-refractivity contribution in [2.45, 2.75) is 92.6 Å². The molecule has 1 rings (SSSR count). The van der Waals surface area contributed by atoms with E-state index in [4.69, 9.17) is 0 Å². The zero-order valence-corrected chi connectivity index (χ0v) is 14.8. The highest BCUT2D eigenvalue weighted by Crippen LogP contribution is 2.39. The molecule has 1 fully saturated rings. The highest BCUT2D eigenvalue weighted by Gasteiger charge is 2.31. The molecular weight excluding hydrogens is 244 g/mol. The van der Waals surface area contributed by atoms with Crippen LogP contribution in [0, 0.1) is 29.1 Å². The second-order valence-corrected chi connectivity index (χ2v) is 8.96. The summed E-state index contributed by atoms with van der Waals surface area (Å²) in [6, 6.07) is 0. The van der Waals surface area contributed by atoms with Crippen LogP contribution in [0.2, 0.25) is 0 Å². The normalized spacial score (nSPS) is 27.6. The molecule has 0 amide bonds. The van der Waals surface area contributed by atoms with Crippen molar-refractivity contribution in [1.29, 1.82) is 0 Å². The average Bonchev–Trinajstić information content (AvgIpc) is 2.33. The fourth-order valence-electron chi connectivity index (χ4n) is 3.77. The van der Waals surface area contributed by atoms with Gasteiger partial charge in [-0.05, 0) is 41.9 Å². The van der Waals surface area contributed by atoms with Gasteiger partial charge in [0.2, 0.25) is 0 Å². The molecule has 1 aliphatic rings. The van der Waals surface area contributed by atoms with E-state index in [9.17, 15) is 5.11 Å². The molecule has 0 aromatic rings. The van der Waals surface area contributed by atoms with Crippen molar-refractivity contribution in [3.63, 3.8) is 0 Å². The third kappa shape index (κ3) is 6.61. The van der Waals surface area contributed by atoms with Crippen LogP contribution >= 0.6 is 0 Å². The van der Waals surface area contributed by atoms with E-state index in [2.05, 4.69) is 41.5 Å². The van der Waals surface area contributed by atoms with Gasteiger partial charge in [-0.2, -0.15) is 0 Å². The Hall–Kier alpha value is -0.0400. The van der Waals surface area contributed by atoms with Crippen LogP contribution in [0.25, 0.3) is 0 Å². The minimum absolute atomic E-state index is 0.121. The Balaban J connectivity index is 2.45. The number of aliphatic hydroxyl groups excluding tert-OH is 1. The summed E-state index contributed by atoms with van der Waals surface area (Å²) < 4.78 is 0. The first kappa shape index (κ1) is 18.0. The summed E-state index contributed by atoms with van der Waals surface area (Å²) in [7, 11) is 0. The molecule has 0 bridgehead atoms. The lowest BCUT2D eigenvalue weighted by Gasteiger charge is -2.37. The van der Waals surface area contributed by atoms with Gasteiger partial charge in [0.1, 0.15) is 0 Å². The second kappa shape index (κ2) is 7.82. The number of hydrogen-bond acceptors (Lipinski definition) is 1. The van der Waals surface area contributed by atoms with Gasteiger partial charge in [0, 0.05) is 0 Å². The van der Waals surface area contributed by atoms with Gasteiger partial charge in [0.25, 0.3) is 0 Å². The lowest BCUT2D eigenvalue weighted by molar-refractivity contribution is 0.0292. The first-order valence-electron chi connectivity index (χ1n) is 8.87. The average molecular weight is 283 g/mol. The van der Waals surface area contributed by atoms with Gasteiger partial charge in [0.05, 0.1) is 6.10 Å². The van der Waals surface area contributed by atoms with Crippen molar-refractivity contribution >= 4 is 0 Å². The molecule has 1 N–H and O–H groups in total. The molecule has 0 heterocycles. The second-order valence-electron chi connectivity index (χ2n) is 8.96. The molecule has 0 aromatic carbocycles. The van der Waals surface area contributed by atoms with Gasteiger partial charge in [-0.3, -0.25) is 0 Å². The molecule has 1 nitrogen and oxygen atoms in total. The summed E-state index contributed by atoms with van der Waals surface area (Å²) in [5, 5.41) is 10.5. The van der Waals surface area contributed by atoms with Crippen LogP contribution < -0.4 is 0 Å². The molecular formula is C19H38O. The van der Waals surface area contributed by atoms with Gasteiger partial charge < -0.3 is 5.11 Å². The Morgan fingerprint density at radius 1 is 1.10 bits per heavy atom. The minimum atomic E-state index is -0.121. The molecule has 0 aliphatic heterocycles. The highest BCUT2D eigenvalue weighted by atomic mass is 16.3. The van der Waals surface area contributed by atoms with Gasteiger partial charge in [-0.1, -0.05) is 73.6 Å². The van der Waals surface area contributed by atoms with Crippen LogP contribution in [-0.2, 0) is 0 Å². The molecule has 120 valence electrons. The predicted molar refractivity (Wildman–Crippen MR) is 88.8 cm³/mol. The number of rotatable bonds is 6. The lowest BCUT2D eigenvalue weighted by atomic mass is 9.71. The topological polar surface area (TPSA) is 20.2 Å². The maximum atomic E-state index is 10.5. The van der Waals surface area contributed by atoms with E-state index in [0.717, 1.165) is 24.2 Å². The summed E-state index contributed by atoms with van der Waals surface area (Å²) in [6.07, 6.45) is 9.07. The van der Waals surface area contributed by atoms with Crippen molar-refractivity contribution in [2.75, 3.05) is 0 Å². The van der Waals surface area contributed by atoms with Crippen LogP contribution in [0.5, 0.6) is 0 Å². The Morgan fingerprint density at radius 3 is 2.30 bits per heavy atom. The van der Waals surface area contributed by atoms with Crippen LogP contribution in [0.15, 0.2) is 0 Å². The standard InChI is InChI=1S/C19H38O/c1-14(2)10-11-16-8-7-9-17(12-16)15(3)18(20)13-19(4,5)6/h14-18,20H,7-13H2,1-6H3/t15-,16?,17?,18-/m0/s1.